The Kier molecular flexibility index (Phi) is 6.22. The van der Waals surface area contributed by atoms with Gasteiger partial charge >= 0.3 is 5.69 Å². The molecule has 1 saturated carbocycles. The topological polar surface area (TPSA) is 81.4 Å². The van der Waals surface area contributed by atoms with Crippen molar-refractivity contribution in [1.82, 2.24) is 9.97 Å². The van der Waals surface area contributed by atoms with E-state index in [0.29, 0.717) is 11.7 Å². The van der Waals surface area contributed by atoms with Gasteiger partial charge in [-0.3, -0.25) is 10.1 Å². The molecule has 7 nitrogen and oxygen atoms in total. The maximum Gasteiger partial charge on any atom is 0.372 e. The third-order valence-corrected chi connectivity index (χ3v) is 6.06. The SMILES string of the molecule is O=[N+]([O-])c1c(OC2CCCCC2)ncnc1N1CCC(Cc2ccccc2)CC1. The second kappa shape index (κ2) is 9.20. The van der Waals surface area contributed by atoms with Crippen LogP contribution in [0.2, 0.25) is 0 Å². The molecular formula is C22H28N4O3. The molecule has 154 valence electrons. The molecule has 2 aliphatic rings. The highest BCUT2D eigenvalue weighted by molar-refractivity contribution is 5.63. The largest absolute Gasteiger partial charge is 0.469 e. The first-order valence-corrected chi connectivity index (χ1v) is 10.7. The van der Waals surface area contributed by atoms with Crippen LogP contribution in [0.25, 0.3) is 0 Å². The molecule has 4 rings (SSSR count). The van der Waals surface area contributed by atoms with E-state index in [9.17, 15) is 10.1 Å². The summed E-state index contributed by atoms with van der Waals surface area (Å²) < 4.78 is 5.96. The van der Waals surface area contributed by atoms with Crippen LogP contribution in [0.4, 0.5) is 11.5 Å². The molecule has 1 saturated heterocycles. The third-order valence-electron chi connectivity index (χ3n) is 6.06. The van der Waals surface area contributed by atoms with Crippen molar-refractivity contribution in [3.63, 3.8) is 0 Å². The molecule has 29 heavy (non-hydrogen) atoms. The van der Waals surface area contributed by atoms with E-state index in [4.69, 9.17) is 4.74 Å². The van der Waals surface area contributed by atoms with Gasteiger partial charge in [-0.1, -0.05) is 36.8 Å². The van der Waals surface area contributed by atoms with Gasteiger partial charge in [-0.05, 0) is 56.4 Å². The highest BCUT2D eigenvalue weighted by Gasteiger charge is 2.32. The van der Waals surface area contributed by atoms with E-state index in [1.165, 1.54) is 18.3 Å². The Morgan fingerprint density at radius 2 is 1.76 bits per heavy atom. The maximum atomic E-state index is 11.9. The maximum absolute atomic E-state index is 11.9. The van der Waals surface area contributed by atoms with E-state index < -0.39 is 0 Å². The molecule has 1 aliphatic heterocycles. The van der Waals surface area contributed by atoms with Gasteiger partial charge in [0.15, 0.2) is 0 Å². The molecule has 0 unspecified atom stereocenters. The van der Waals surface area contributed by atoms with Crippen LogP contribution in [-0.2, 0) is 6.42 Å². The Labute approximate surface area is 171 Å². The number of hydrogen-bond donors (Lipinski definition) is 0. The molecule has 0 N–H and O–H groups in total. The van der Waals surface area contributed by atoms with Crippen molar-refractivity contribution in [2.45, 2.75) is 57.5 Å². The summed E-state index contributed by atoms with van der Waals surface area (Å²) in [6.45, 7) is 1.52. The summed E-state index contributed by atoms with van der Waals surface area (Å²) in [5, 5.41) is 11.9. The van der Waals surface area contributed by atoms with E-state index in [2.05, 4.69) is 34.2 Å². The van der Waals surface area contributed by atoms with Crippen molar-refractivity contribution in [2.24, 2.45) is 5.92 Å². The summed E-state index contributed by atoms with van der Waals surface area (Å²) in [5.41, 5.74) is 1.27. The van der Waals surface area contributed by atoms with Gasteiger partial charge < -0.3 is 9.64 Å². The Bertz CT molecular complexity index is 816. The molecule has 2 fully saturated rings. The van der Waals surface area contributed by atoms with Crippen LogP contribution in [0.1, 0.15) is 50.5 Å². The summed E-state index contributed by atoms with van der Waals surface area (Å²) in [7, 11) is 0. The minimum Gasteiger partial charge on any atom is -0.469 e. The fraction of sp³-hybridized carbons (Fsp3) is 0.545. The number of anilines is 1. The summed E-state index contributed by atoms with van der Waals surface area (Å²) in [6.07, 6.45) is 9.73. The molecule has 2 aromatic rings. The van der Waals surface area contributed by atoms with Crippen molar-refractivity contribution in [3.05, 3.63) is 52.3 Å². The smallest absolute Gasteiger partial charge is 0.372 e. The summed E-state index contributed by atoms with van der Waals surface area (Å²) in [4.78, 5) is 21.9. The molecule has 0 bridgehead atoms. The fourth-order valence-corrected chi connectivity index (χ4v) is 4.47. The molecule has 2 heterocycles. The van der Waals surface area contributed by atoms with E-state index >= 15 is 0 Å². The molecular weight excluding hydrogens is 368 g/mol. The van der Waals surface area contributed by atoms with E-state index in [1.807, 2.05) is 11.0 Å². The number of hydrogen-bond acceptors (Lipinski definition) is 6. The first-order valence-electron chi connectivity index (χ1n) is 10.7. The second-order valence-electron chi connectivity index (χ2n) is 8.11. The van der Waals surface area contributed by atoms with Crippen LogP contribution >= 0.6 is 0 Å². The molecule has 0 amide bonds. The molecule has 1 aromatic carbocycles. The Morgan fingerprint density at radius 3 is 2.45 bits per heavy atom. The zero-order chi connectivity index (χ0) is 20.1. The number of piperidine rings is 1. The highest BCUT2D eigenvalue weighted by atomic mass is 16.6. The van der Waals surface area contributed by atoms with Crippen LogP contribution in [0.15, 0.2) is 36.7 Å². The summed E-state index contributed by atoms with van der Waals surface area (Å²) in [6, 6.07) is 10.5. The number of nitro groups is 1. The summed E-state index contributed by atoms with van der Waals surface area (Å²) >= 11 is 0. The van der Waals surface area contributed by atoms with Crippen LogP contribution in [0, 0.1) is 16.0 Å². The standard InChI is InChI=1S/C22H28N4O3/c27-26(28)20-21(23-16-24-22(20)29-19-9-5-2-6-10-19)25-13-11-18(12-14-25)15-17-7-3-1-4-8-17/h1,3-4,7-8,16,18-19H,2,5-6,9-15H2. The fourth-order valence-electron chi connectivity index (χ4n) is 4.47. The highest BCUT2D eigenvalue weighted by Crippen LogP contribution is 2.37. The lowest BCUT2D eigenvalue weighted by Gasteiger charge is -2.32. The van der Waals surface area contributed by atoms with Crippen LogP contribution < -0.4 is 9.64 Å². The van der Waals surface area contributed by atoms with Gasteiger partial charge in [-0.15, -0.1) is 0 Å². The molecule has 1 aromatic heterocycles. The summed E-state index contributed by atoms with van der Waals surface area (Å²) in [5.74, 6) is 1.11. The van der Waals surface area contributed by atoms with Crippen molar-refractivity contribution >= 4 is 11.5 Å². The quantitative estimate of drug-likeness (QED) is 0.526. The molecule has 0 spiro atoms. The molecule has 7 heteroatoms. The lowest BCUT2D eigenvalue weighted by atomic mass is 9.90. The predicted octanol–water partition coefficient (Wildman–Crippen LogP) is 4.56. The Hall–Kier alpha value is -2.70. The molecule has 0 atom stereocenters. The zero-order valence-electron chi connectivity index (χ0n) is 16.7. The zero-order valence-corrected chi connectivity index (χ0v) is 16.7. The van der Waals surface area contributed by atoms with Crippen molar-refractivity contribution in [3.8, 4) is 5.88 Å². The van der Waals surface area contributed by atoms with E-state index in [1.54, 1.807) is 0 Å². The average Bonchev–Trinajstić information content (AvgIpc) is 2.75. The first kappa shape index (κ1) is 19.6. The monoisotopic (exact) mass is 396 g/mol. The minimum atomic E-state index is -0.385. The molecule has 0 radical (unpaired) electrons. The van der Waals surface area contributed by atoms with Gasteiger partial charge in [0, 0.05) is 13.1 Å². The van der Waals surface area contributed by atoms with Crippen LogP contribution in [0.3, 0.4) is 0 Å². The lowest BCUT2D eigenvalue weighted by molar-refractivity contribution is -0.385. The normalized spacial score (nSPS) is 18.6. The minimum absolute atomic E-state index is 0.0156. The van der Waals surface area contributed by atoms with Gasteiger partial charge in [0.2, 0.25) is 5.82 Å². The third kappa shape index (κ3) is 4.83. The van der Waals surface area contributed by atoms with Gasteiger partial charge in [0.1, 0.15) is 12.4 Å². The van der Waals surface area contributed by atoms with E-state index in [0.717, 1.165) is 58.0 Å². The lowest BCUT2D eigenvalue weighted by Crippen LogP contribution is -2.35. The van der Waals surface area contributed by atoms with Crippen molar-refractivity contribution < 1.29 is 9.66 Å². The van der Waals surface area contributed by atoms with Crippen molar-refractivity contribution in [2.75, 3.05) is 18.0 Å². The van der Waals surface area contributed by atoms with Crippen molar-refractivity contribution in [1.29, 1.82) is 0 Å². The Morgan fingerprint density at radius 1 is 1.03 bits per heavy atom. The van der Waals surface area contributed by atoms with E-state index in [-0.39, 0.29) is 22.6 Å². The average molecular weight is 396 g/mol. The first-order chi connectivity index (χ1) is 14.2. The predicted molar refractivity (Wildman–Crippen MR) is 111 cm³/mol. The van der Waals surface area contributed by atoms with Crippen LogP contribution in [-0.4, -0.2) is 34.1 Å². The number of ether oxygens (including phenoxy) is 1. The number of rotatable bonds is 6. The Balaban J connectivity index is 1.45. The number of nitrogens with zero attached hydrogens (tertiary/aromatic N) is 4. The van der Waals surface area contributed by atoms with Gasteiger partial charge in [0.05, 0.1) is 4.92 Å². The van der Waals surface area contributed by atoms with Gasteiger partial charge in [-0.25, -0.2) is 4.98 Å². The second-order valence-corrected chi connectivity index (χ2v) is 8.11. The number of benzene rings is 1. The number of aromatic nitrogens is 2. The van der Waals surface area contributed by atoms with Gasteiger partial charge in [-0.2, -0.15) is 4.98 Å². The van der Waals surface area contributed by atoms with Crippen LogP contribution in [0.5, 0.6) is 5.88 Å². The molecule has 1 aliphatic carbocycles. The van der Waals surface area contributed by atoms with Gasteiger partial charge in [0.25, 0.3) is 5.88 Å².